The fourth-order valence-electron chi connectivity index (χ4n) is 3.67. The molecule has 11 nitrogen and oxygen atoms in total. The van der Waals surface area contributed by atoms with Crippen LogP contribution in [-0.2, 0) is 14.4 Å². The topological polar surface area (TPSA) is 117 Å². The van der Waals surface area contributed by atoms with Crippen LogP contribution in [0.1, 0.15) is 19.8 Å². The molecule has 0 saturated carbocycles. The number of urea groups is 1. The first-order valence-electron chi connectivity index (χ1n) is 10.5. The molecule has 2 aliphatic rings. The van der Waals surface area contributed by atoms with Gasteiger partial charge in [-0.25, -0.2) is 23.4 Å². The molecule has 0 bridgehead atoms. The summed E-state index contributed by atoms with van der Waals surface area (Å²) < 4.78 is 35.2. The standard InChI is InChI=1S/C20H22F2N6O5S/c1-12(29)2-3-14-10-27(20(31)33-14)13-8-15(21)17(16(22)9-13)26-4-5-28(32-7-6-26)19(30)24-18-25-23-11-34-18/h8-9,11,14H,2-7,10H2,1H3,(H,24,25,30)/t14-/m0/s1. The lowest BCUT2D eigenvalue weighted by Gasteiger charge is -2.24. The summed E-state index contributed by atoms with van der Waals surface area (Å²) in [5.41, 5.74) is 1.21. The van der Waals surface area contributed by atoms with Crippen molar-refractivity contribution >= 4 is 45.8 Å². The van der Waals surface area contributed by atoms with Gasteiger partial charge in [-0.3, -0.25) is 15.1 Å². The Morgan fingerprint density at radius 1 is 1.24 bits per heavy atom. The van der Waals surface area contributed by atoms with Gasteiger partial charge in [0.25, 0.3) is 0 Å². The van der Waals surface area contributed by atoms with E-state index in [0.717, 1.165) is 33.4 Å². The molecule has 4 rings (SSSR count). The van der Waals surface area contributed by atoms with Gasteiger partial charge in [-0.15, -0.1) is 10.2 Å². The van der Waals surface area contributed by atoms with E-state index in [0.29, 0.717) is 11.6 Å². The van der Waals surface area contributed by atoms with Crippen molar-refractivity contribution in [1.82, 2.24) is 15.3 Å². The molecule has 0 aliphatic carbocycles. The third kappa shape index (κ3) is 5.39. The Bertz CT molecular complexity index is 1050. The number of anilines is 3. The summed E-state index contributed by atoms with van der Waals surface area (Å²) in [5, 5.41) is 11.2. The maximum absolute atomic E-state index is 15.0. The van der Waals surface area contributed by atoms with Crippen molar-refractivity contribution in [1.29, 1.82) is 0 Å². The number of nitrogens with one attached hydrogen (secondary N) is 1. The lowest BCUT2D eigenvalue weighted by Crippen LogP contribution is -2.37. The Kier molecular flexibility index (Phi) is 7.17. The Morgan fingerprint density at radius 3 is 2.68 bits per heavy atom. The summed E-state index contributed by atoms with van der Waals surface area (Å²) in [6.07, 6.45) is -0.653. The number of ketones is 1. The van der Waals surface area contributed by atoms with Gasteiger partial charge in [0.15, 0.2) is 11.6 Å². The largest absolute Gasteiger partial charge is 0.444 e. The molecule has 3 heterocycles. The van der Waals surface area contributed by atoms with Gasteiger partial charge in [0.1, 0.15) is 23.1 Å². The molecule has 0 radical (unpaired) electrons. The van der Waals surface area contributed by atoms with Crippen LogP contribution < -0.4 is 15.1 Å². The quantitative estimate of drug-likeness (QED) is 0.649. The number of hydrogen-bond donors (Lipinski definition) is 1. The van der Waals surface area contributed by atoms with Crippen molar-refractivity contribution in [2.24, 2.45) is 0 Å². The molecule has 14 heteroatoms. The molecule has 2 saturated heterocycles. The second kappa shape index (κ2) is 10.3. The zero-order chi connectivity index (χ0) is 24.2. The highest BCUT2D eigenvalue weighted by molar-refractivity contribution is 7.13. The number of benzene rings is 1. The average Bonchev–Trinajstić information content (AvgIpc) is 3.35. The predicted molar refractivity (Wildman–Crippen MR) is 118 cm³/mol. The van der Waals surface area contributed by atoms with E-state index in [1.165, 1.54) is 17.3 Å². The highest BCUT2D eigenvalue weighted by Gasteiger charge is 2.34. The Labute approximate surface area is 197 Å². The normalized spacial score (nSPS) is 18.6. The SMILES string of the molecule is CC(=O)CC[C@H]1CN(c2cc(F)c(N3CCON(C(=O)Nc4nncs4)CC3)c(F)c2)C(=O)O1. The molecule has 1 aromatic heterocycles. The van der Waals surface area contributed by atoms with Crippen LogP contribution in [0.3, 0.4) is 0 Å². The van der Waals surface area contributed by atoms with E-state index < -0.39 is 29.9 Å². The molecule has 182 valence electrons. The molecule has 34 heavy (non-hydrogen) atoms. The molecule has 1 aromatic carbocycles. The maximum Gasteiger partial charge on any atom is 0.414 e. The Balaban J connectivity index is 1.42. The number of ether oxygens (including phenoxy) is 1. The number of Topliss-reactive ketones (excluding diaryl/α,β-unsaturated/α-hetero) is 1. The monoisotopic (exact) mass is 496 g/mol. The minimum Gasteiger partial charge on any atom is -0.444 e. The lowest BCUT2D eigenvalue weighted by atomic mass is 10.1. The zero-order valence-corrected chi connectivity index (χ0v) is 19.0. The molecule has 1 atom stereocenters. The van der Waals surface area contributed by atoms with Gasteiger partial charge in [0, 0.05) is 31.6 Å². The van der Waals surface area contributed by atoms with Gasteiger partial charge in [-0.2, -0.15) is 0 Å². The summed E-state index contributed by atoms with van der Waals surface area (Å²) in [4.78, 5) is 43.7. The van der Waals surface area contributed by atoms with Crippen molar-refractivity contribution in [2.45, 2.75) is 25.9 Å². The van der Waals surface area contributed by atoms with Crippen LogP contribution in [-0.4, -0.2) is 72.1 Å². The number of rotatable bonds is 6. The van der Waals surface area contributed by atoms with Crippen molar-refractivity contribution in [3.05, 3.63) is 29.3 Å². The summed E-state index contributed by atoms with van der Waals surface area (Å²) in [6, 6.07) is 1.57. The molecule has 0 spiro atoms. The molecule has 2 fully saturated rings. The minimum atomic E-state index is -0.859. The molecular formula is C20H22F2N6O5S. The number of carbonyl (C=O) groups is 3. The van der Waals surface area contributed by atoms with Crippen LogP contribution >= 0.6 is 11.3 Å². The van der Waals surface area contributed by atoms with Crippen molar-refractivity contribution in [3.63, 3.8) is 0 Å². The summed E-state index contributed by atoms with van der Waals surface area (Å²) in [5.74, 6) is -1.75. The van der Waals surface area contributed by atoms with Crippen LogP contribution in [0, 0.1) is 11.6 Å². The summed E-state index contributed by atoms with van der Waals surface area (Å²) in [6.45, 7) is 1.84. The van der Waals surface area contributed by atoms with E-state index in [9.17, 15) is 14.4 Å². The van der Waals surface area contributed by atoms with E-state index in [-0.39, 0.29) is 56.4 Å². The number of aromatic nitrogens is 2. The van der Waals surface area contributed by atoms with Crippen LogP contribution in [0.15, 0.2) is 17.6 Å². The first kappa shape index (κ1) is 23.8. The highest BCUT2D eigenvalue weighted by Crippen LogP contribution is 2.32. The molecule has 3 amide bonds. The number of hydrogen-bond acceptors (Lipinski definition) is 9. The van der Waals surface area contributed by atoms with Crippen molar-refractivity contribution < 1.29 is 32.7 Å². The van der Waals surface area contributed by atoms with E-state index in [1.54, 1.807) is 0 Å². The van der Waals surface area contributed by atoms with Crippen molar-refractivity contribution in [3.8, 4) is 0 Å². The van der Waals surface area contributed by atoms with Gasteiger partial charge >= 0.3 is 12.1 Å². The second-order valence-electron chi connectivity index (χ2n) is 7.71. The lowest BCUT2D eigenvalue weighted by molar-refractivity contribution is -0.117. The van der Waals surface area contributed by atoms with E-state index in [1.807, 2.05) is 0 Å². The number of amides is 3. The number of halogens is 2. The fourth-order valence-corrected chi connectivity index (χ4v) is 4.11. The maximum atomic E-state index is 15.0. The molecule has 0 unspecified atom stereocenters. The third-order valence-corrected chi connectivity index (χ3v) is 5.91. The van der Waals surface area contributed by atoms with Crippen LogP contribution in [0.25, 0.3) is 0 Å². The van der Waals surface area contributed by atoms with Crippen molar-refractivity contribution in [2.75, 3.05) is 47.9 Å². The minimum absolute atomic E-state index is 0.0143. The number of carbonyl (C=O) groups excluding carboxylic acids is 3. The number of hydroxylamine groups is 2. The average molecular weight is 496 g/mol. The van der Waals surface area contributed by atoms with Crippen LogP contribution in [0.2, 0.25) is 0 Å². The fraction of sp³-hybridized carbons (Fsp3) is 0.450. The Morgan fingerprint density at radius 2 is 2.00 bits per heavy atom. The molecule has 2 aliphatic heterocycles. The number of cyclic esters (lactones) is 1. The summed E-state index contributed by atoms with van der Waals surface area (Å²) >= 11 is 1.14. The predicted octanol–water partition coefficient (Wildman–Crippen LogP) is 2.80. The van der Waals surface area contributed by atoms with Crippen LogP contribution in [0.4, 0.5) is 34.9 Å². The van der Waals surface area contributed by atoms with E-state index in [4.69, 9.17) is 9.57 Å². The Hall–Kier alpha value is -3.39. The van der Waals surface area contributed by atoms with Crippen LogP contribution in [0.5, 0.6) is 0 Å². The number of nitrogens with zero attached hydrogens (tertiary/aromatic N) is 5. The van der Waals surface area contributed by atoms with Gasteiger partial charge in [0.05, 0.1) is 25.4 Å². The van der Waals surface area contributed by atoms with E-state index >= 15 is 8.78 Å². The molecule has 2 aromatic rings. The van der Waals surface area contributed by atoms with E-state index in [2.05, 4.69) is 15.5 Å². The first-order valence-corrected chi connectivity index (χ1v) is 11.4. The second-order valence-corrected chi connectivity index (χ2v) is 8.54. The van der Waals surface area contributed by atoms with Gasteiger partial charge in [-0.05, 0) is 13.3 Å². The molecule has 1 N–H and O–H groups in total. The van der Waals surface area contributed by atoms with Gasteiger partial charge in [0.2, 0.25) is 5.13 Å². The van der Waals surface area contributed by atoms with Gasteiger partial charge in [-0.1, -0.05) is 11.3 Å². The van der Waals surface area contributed by atoms with Gasteiger partial charge < -0.3 is 14.4 Å². The third-order valence-electron chi connectivity index (χ3n) is 5.30. The highest BCUT2D eigenvalue weighted by atomic mass is 32.1. The summed E-state index contributed by atoms with van der Waals surface area (Å²) in [7, 11) is 0. The first-order chi connectivity index (χ1) is 16.3. The molecular weight excluding hydrogens is 474 g/mol. The zero-order valence-electron chi connectivity index (χ0n) is 18.2. The smallest absolute Gasteiger partial charge is 0.414 e.